The van der Waals surface area contributed by atoms with E-state index in [1.165, 1.54) is 44.6 Å². The van der Waals surface area contributed by atoms with Crippen molar-refractivity contribution in [3.8, 4) is 0 Å². The van der Waals surface area contributed by atoms with Gasteiger partial charge < -0.3 is 10.1 Å². The third-order valence-corrected chi connectivity index (χ3v) is 4.80. The number of benzene rings is 1. The molecule has 2 aliphatic carbocycles. The molecule has 2 aliphatic rings. The summed E-state index contributed by atoms with van der Waals surface area (Å²) in [4.78, 5) is 0. The van der Waals surface area contributed by atoms with Crippen molar-refractivity contribution in [1.29, 1.82) is 0 Å². The third kappa shape index (κ3) is 4.27. The lowest BCUT2D eigenvalue weighted by molar-refractivity contribution is -0.0666. The van der Waals surface area contributed by atoms with Crippen LogP contribution in [0.25, 0.3) is 0 Å². The van der Waals surface area contributed by atoms with Crippen molar-refractivity contribution in [3.05, 3.63) is 35.6 Å². The Kier molecular flexibility index (Phi) is 4.91. The summed E-state index contributed by atoms with van der Waals surface area (Å²) in [5.74, 6) is -0.156. The second-order valence-electron chi connectivity index (χ2n) is 6.63. The molecule has 0 aromatic heterocycles. The van der Waals surface area contributed by atoms with Crippen LogP contribution in [-0.4, -0.2) is 18.2 Å². The van der Waals surface area contributed by atoms with Crippen LogP contribution in [0.15, 0.2) is 24.3 Å². The first-order valence-corrected chi connectivity index (χ1v) is 8.38. The van der Waals surface area contributed by atoms with Crippen molar-refractivity contribution < 1.29 is 9.13 Å². The number of rotatable bonds is 6. The standard InChI is InChI=1S/C18H26FNO/c19-17-8-4-3-7-15(17)13-21-18(14-20-16-9-10-16)11-5-1-2-6-12-18/h3-4,7-8,16,20H,1-2,5-6,9-14H2. The van der Waals surface area contributed by atoms with Gasteiger partial charge in [-0.25, -0.2) is 4.39 Å². The zero-order valence-electron chi connectivity index (χ0n) is 12.7. The zero-order chi connectivity index (χ0) is 14.5. The van der Waals surface area contributed by atoms with Crippen LogP contribution in [0.5, 0.6) is 0 Å². The SMILES string of the molecule is Fc1ccccc1COC1(CNC2CC2)CCCCCC1. The molecule has 1 aromatic rings. The van der Waals surface area contributed by atoms with Gasteiger partial charge in [0.1, 0.15) is 5.82 Å². The van der Waals surface area contributed by atoms with Gasteiger partial charge in [-0.15, -0.1) is 0 Å². The fourth-order valence-corrected chi connectivity index (χ4v) is 3.21. The van der Waals surface area contributed by atoms with Crippen molar-refractivity contribution in [2.45, 2.75) is 69.6 Å². The average molecular weight is 291 g/mol. The molecule has 3 heteroatoms. The highest BCUT2D eigenvalue weighted by molar-refractivity contribution is 5.16. The molecule has 2 saturated carbocycles. The van der Waals surface area contributed by atoms with E-state index in [2.05, 4.69) is 5.32 Å². The third-order valence-electron chi connectivity index (χ3n) is 4.80. The van der Waals surface area contributed by atoms with E-state index in [0.29, 0.717) is 18.2 Å². The quantitative estimate of drug-likeness (QED) is 0.794. The highest BCUT2D eigenvalue weighted by Gasteiger charge is 2.34. The number of nitrogens with one attached hydrogen (secondary N) is 1. The van der Waals surface area contributed by atoms with Gasteiger partial charge in [0.15, 0.2) is 0 Å². The number of hydrogen-bond donors (Lipinski definition) is 1. The minimum Gasteiger partial charge on any atom is -0.369 e. The van der Waals surface area contributed by atoms with Gasteiger partial charge in [0, 0.05) is 18.2 Å². The van der Waals surface area contributed by atoms with Crippen molar-refractivity contribution in [1.82, 2.24) is 5.32 Å². The van der Waals surface area contributed by atoms with E-state index in [-0.39, 0.29) is 11.4 Å². The zero-order valence-corrected chi connectivity index (χ0v) is 12.7. The Hall–Kier alpha value is -0.930. The van der Waals surface area contributed by atoms with Crippen LogP contribution >= 0.6 is 0 Å². The smallest absolute Gasteiger partial charge is 0.128 e. The molecule has 116 valence electrons. The molecule has 0 amide bonds. The summed E-state index contributed by atoms with van der Waals surface area (Å²) in [6.07, 6.45) is 9.84. The van der Waals surface area contributed by atoms with E-state index in [9.17, 15) is 4.39 Å². The first-order valence-electron chi connectivity index (χ1n) is 8.38. The normalized spacial score (nSPS) is 22.0. The van der Waals surface area contributed by atoms with Crippen molar-refractivity contribution in [2.24, 2.45) is 0 Å². The van der Waals surface area contributed by atoms with Crippen molar-refractivity contribution in [3.63, 3.8) is 0 Å². The Morgan fingerprint density at radius 1 is 1.10 bits per heavy atom. The first-order chi connectivity index (χ1) is 10.3. The second-order valence-corrected chi connectivity index (χ2v) is 6.63. The van der Waals surface area contributed by atoms with E-state index >= 15 is 0 Å². The molecule has 0 atom stereocenters. The number of halogens is 1. The van der Waals surface area contributed by atoms with Crippen LogP contribution in [0.4, 0.5) is 4.39 Å². The van der Waals surface area contributed by atoms with Crippen molar-refractivity contribution in [2.75, 3.05) is 6.54 Å². The van der Waals surface area contributed by atoms with E-state index in [0.717, 1.165) is 19.4 Å². The van der Waals surface area contributed by atoms with Gasteiger partial charge in [0.05, 0.1) is 12.2 Å². The van der Waals surface area contributed by atoms with E-state index in [4.69, 9.17) is 4.74 Å². The number of ether oxygens (including phenoxy) is 1. The Morgan fingerprint density at radius 3 is 2.48 bits per heavy atom. The van der Waals surface area contributed by atoms with Crippen molar-refractivity contribution >= 4 is 0 Å². The van der Waals surface area contributed by atoms with Gasteiger partial charge in [0.2, 0.25) is 0 Å². The van der Waals surface area contributed by atoms with Crippen LogP contribution in [0, 0.1) is 5.82 Å². The van der Waals surface area contributed by atoms with Crippen LogP contribution in [-0.2, 0) is 11.3 Å². The Morgan fingerprint density at radius 2 is 1.81 bits per heavy atom. The predicted molar refractivity (Wildman–Crippen MR) is 82.6 cm³/mol. The van der Waals surface area contributed by atoms with Crippen LogP contribution in [0.2, 0.25) is 0 Å². The topological polar surface area (TPSA) is 21.3 Å². The lowest BCUT2D eigenvalue weighted by Crippen LogP contribution is -2.43. The molecule has 0 aliphatic heterocycles. The minimum atomic E-state index is -0.156. The molecule has 0 heterocycles. The van der Waals surface area contributed by atoms with Crippen LogP contribution in [0.3, 0.4) is 0 Å². The Labute approximate surface area is 127 Å². The summed E-state index contributed by atoms with van der Waals surface area (Å²) >= 11 is 0. The molecular formula is C18H26FNO. The predicted octanol–water partition coefficient (Wildman–Crippen LogP) is 4.19. The monoisotopic (exact) mass is 291 g/mol. The molecular weight excluding hydrogens is 265 g/mol. The van der Waals surface area contributed by atoms with E-state index < -0.39 is 0 Å². The highest BCUT2D eigenvalue weighted by atomic mass is 19.1. The Balaban J connectivity index is 1.64. The summed E-state index contributed by atoms with van der Waals surface area (Å²) in [6, 6.07) is 7.65. The molecule has 21 heavy (non-hydrogen) atoms. The molecule has 0 spiro atoms. The minimum absolute atomic E-state index is 0.0959. The highest BCUT2D eigenvalue weighted by Crippen LogP contribution is 2.32. The lowest BCUT2D eigenvalue weighted by atomic mass is 9.93. The van der Waals surface area contributed by atoms with Gasteiger partial charge >= 0.3 is 0 Å². The summed E-state index contributed by atoms with van der Waals surface area (Å²) in [5, 5.41) is 3.63. The molecule has 0 radical (unpaired) electrons. The van der Waals surface area contributed by atoms with Gasteiger partial charge in [-0.2, -0.15) is 0 Å². The Bertz CT molecular complexity index is 450. The molecule has 0 saturated heterocycles. The summed E-state index contributed by atoms with van der Waals surface area (Å²) in [5.41, 5.74) is 0.578. The summed E-state index contributed by atoms with van der Waals surface area (Å²) in [7, 11) is 0. The summed E-state index contributed by atoms with van der Waals surface area (Å²) < 4.78 is 20.1. The van der Waals surface area contributed by atoms with Gasteiger partial charge in [-0.3, -0.25) is 0 Å². The lowest BCUT2D eigenvalue weighted by Gasteiger charge is -2.33. The van der Waals surface area contributed by atoms with Gasteiger partial charge in [-0.1, -0.05) is 43.9 Å². The van der Waals surface area contributed by atoms with E-state index in [1.807, 2.05) is 12.1 Å². The van der Waals surface area contributed by atoms with Crippen LogP contribution in [0.1, 0.15) is 56.9 Å². The molecule has 1 aromatic carbocycles. The molecule has 1 N–H and O–H groups in total. The molecule has 0 bridgehead atoms. The summed E-state index contributed by atoms with van der Waals surface area (Å²) in [6.45, 7) is 1.31. The van der Waals surface area contributed by atoms with Gasteiger partial charge in [-0.05, 0) is 31.7 Å². The first kappa shape index (κ1) is 15.0. The maximum Gasteiger partial charge on any atom is 0.128 e. The average Bonchev–Trinajstić information content (AvgIpc) is 3.32. The molecule has 2 nitrogen and oxygen atoms in total. The second kappa shape index (κ2) is 6.89. The van der Waals surface area contributed by atoms with Crippen LogP contribution < -0.4 is 5.32 Å². The molecule has 0 unspecified atom stereocenters. The van der Waals surface area contributed by atoms with E-state index in [1.54, 1.807) is 6.07 Å². The molecule has 3 rings (SSSR count). The largest absolute Gasteiger partial charge is 0.369 e. The number of hydrogen-bond acceptors (Lipinski definition) is 2. The fourth-order valence-electron chi connectivity index (χ4n) is 3.21. The maximum absolute atomic E-state index is 13.8. The van der Waals surface area contributed by atoms with Gasteiger partial charge in [0.25, 0.3) is 0 Å². The molecule has 2 fully saturated rings. The maximum atomic E-state index is 13.8. The fraction of sp³-hybridized carbons (Fsp3) is 0.667.